The summed E-state index contributed by atoms with van der Waals surface area (Å²) in [5.41, 5.74) is 2.79. The quantitative estimate of drug-likeness (QED) is 0.578. The average molecular weight is 323 g/mol. The highest BCUT2D eigenvalue weighted by Gasteiger charge is 2.12. The van der Waals surface area contributed by atoms with Gasteiger partial charge in [-0.15, -0.1) is 5.10 Å². The second-order valence-corrected chi connectivity index (χ2v) is 5.20. The summed E-state index contributed by atoms with van der Waals surface area (Å²) in [6.07, 6.45) is 0.542. The molecule has 6 heteroatoms. The molecular formula is C18H14FN3O2. The number of Topliss-reactive ketones (excluding diaryl/α,β-unsaturated/α-hetero) is 1. The number of nitrogens with zero attached hydrogens (tertiary/aromatic N) is 2. The predicted octanol–water partition coefficient (Wildman–Crippen LogP) is 3.45. The van der Waals surface area contributed by atoms with E-state index in [1.54, 1.807) is 47.1 Å². The molecule has 0 saturated heterocycles. The Labute approximate surface area is 137 Å². The number of hydrogen-bond acceptors (Lipinski definition) is 3. The monoisotopic (exact) mass is 323 g/mol. The first-order valence-electron chi connectivity index (χ1n) is 7.26. The number of anilines is 1. The zero-order valence-electron chi connectivity index (χ0n) is 12.9. The second kappa shape index (κ2) is 6.45. The lowest BCUT2D eigenvalue weighted by molar-refractivity contribution is -0.105. The Hall–Kier alpha value is -3.28. The van der Waals surface area contributed by atoms with Gasteiger partial charge in [0, 0.05) is 17.2 Å². The number of carbonyl (C=O) groups is 2. The Kier molecular flexibility index (Phi) is 4.20. The van der Waals surface area contributed by atoms with Crippen molar-refractivity contribution >= 4 is 18.0 Å². The van der Waals surface area contributed by atoms with Crippen LogP contribution in [-0.4, -0.2) is 22.0 Å². The molecule has 0 aliphatic rings. The SMILES string of the molecule is CC(=O)c1ccc(-c2cc(NC=O)nn2-c2ccc(F)cc2)cc1. The molecule has 0 atom stereocenters. The molecule has 0 aliphatic heterocycles. The summed E-state index contributed by atoms with van der Waals surface area (Å²) in [5, 5.41) is 6.83. The van der Waals surface area contributed by atoms with Crippen molar-refractivity contribution < 1.29 is 14.0 Å². The third kappa shape index (κ3) is 3.08. The first-order valence-corrected chi connectivity index (χ1v) is 7.26. The standard InChI is InChI=1S/C18H14FN3O2/c1-12(24)13-2-4-14(5-3-13)17-10-18(20-11-23)21-22(17)16-8-6-15(19)7-9-16/h2-11H,1H3,(H,20,21,23). The van der Waals surface area contributed by atoms with Crippen molar-refractivity contribution in [2.24, 2.45) is 0 Å². The van der Waals surface area contributed by atoms with Crippen LogP contribution in [0, 0.1) is 5.82 Å². The van der Waals surface area contributed by atoms with E-state index in [4.69, 9.17) is 0 Å². The molecule has 120 valence electrons. The summed E-state index contributed by atoms with van der Waals surface area (Å²) >= 11 is 0. The summed E-state index contributed by atoms with van der Waals surface area (Å²) in [6.45, 7) is 1.50. The third-order valence-electron chi connectivity index (χ3n) is 3.57. The minimum absolute atomic E-state index is 0.0168. The molecule has 24 heavy (non-hydrogen) atoms. The zero-order valence-corrected chi connectivity index (χ0v) is 12.9. The van der Waals surface area contributed by atoms with E-state index >= 15 is 0 Å². The highest BCUT2D eigenvalue weighted by molar-refractivity contribution is 5.94. The van der Waals surface area contributed by atoms with Crippen molar-refractivity contribution in [3.05, 3.63) is 66.0 Å². The van der Waals surface area contributed by atoms with Gasteiger partial charge in [-0.25, -0.2) is 9.07 Å². The molecule has 1 amide bonds. The van der Waals surface area contributed by atoms with E-state index in [1.807, 2.05) is 0 Å². The van der Waals surface area contributed by atoms with Gasteiger partial charge in [0.1, 0.15) is 5.82 Å². The van der Waals surface area contributed by atoms with Gasteiger partial charge in [0.25, 0.3) is 0 Å². The van der Waals surface area contributed by atoms with Crippen LogP contribution in [0.25, 0.3) is 16.9 Å². The van der Waals surface area contributed by atoms with E-state index < -0.39 is 0 Å². The van der Waals surface area contributed by atoms with Crippen LogP contribution in [0.4, 0.5) is 10.2 Å². The van der Waals surface area contributed by atoms with Crippen LogP contribution in [0.15, 0.2) is 54.6 Å². The van der Waals surface area contributed by atoms with Gasteiger partial charge in [-0.1, -0.05) is 24.3 Å². The van der Waals surface area contributed by atoms with Gasteiger partial charge in [-0.05, 0) is 31.2 Å². The van der Waals surface area contributed by atoms with E-state index in [1.165, 1.54) is 19.1 Å². The molecule has 0 radical (unpaired) electrons. The van der Waals surface area contributed by atoms with Crippen molar-refractivity contribution in [1.82, 2.24) is 9.78 Å². The van der Waals surface area contributed by atoms with Crippen LogP contribution in [-0.2, 0) is 4.79 Å². The molecule has 0 aliphatic carbocycles. The molecule has 1 N–H and O–H groups in total. The van der Waals surface area contributed by atoms with E-state index in [0.717, 1.165) is 5.56 Å². The van der Waals surface area contributed by atoms with E-state index in [0.29, 0.717) is 29.2 Å². The fourth-order valence-corrected chi connectivity index (χ4v) is 2.37. The molecule has 0 saturated carbocycles. The molecule has 1 aromatic heterocycles. The van der Waals surface area contributed by atoms with Crippen molar-refractivity contribution in [3.63, 3.8) is 0 Å². The molecule has 2 aromatic carbocycles. The molecule has 1 heterocycles. The summed E-state index contributed by atoms with van der Waals surface area (Å²) in [4.78, 5) is 22.1. The Morgan fingerprint density at radius 2 is 1.79 bits per heavy atom. The molecule has 3 rings (SSSR count). The minimum Gasteiger partial charge on any atom is -0.312 e. The lowest BCUT2D eigenvalue weighted by Gasteiger charge is -2.08. The molecule has 0 unspecified atom stereocenters. The fourth-order valence-electron chi connectivity index (χ4n) is 2.37. The van der Waals surface area contributed by atoms with E-state index in [2.05, 4.69) is 10.4 Å². The number of hydrogen-bond donors (Lipinski definition) is 1. The lowest BCUT2D eigenvalue weighted by atomic mass is 10.1. The van der Waals surface area contributed by atoms with Crippen molar-refractivity contribution in [1.29, 1.82) is 0 Å². The first-order chi connectivity index (χ1) is 11.6. The van der Waals surface area contributed by atoms with Crippen LogP contribution in [0.5, 0.6) is 0 Å². The zero-order chi connectivity index (χ0) is 17.1. The maximum Gasteiger partial charge on any atom is 0.212 e. The number of carbonyl (C=O) groups excluding carboxylic acids is 2. The Morgan fingerprint density at radius 1 is 1.12 bits per heavy atom. The minimum atomic E-state index is -0.343. The summed E-state index contributed by atoms with van der Waals surface area (Å²) in [5.74, 6) is 0.0152. The lowest BCUT2D eigenvalue weighted by Crippen LogP contribution is -2.01. The molecule has 5 nitrogen and oxygen atoms in total. The Morgan fingerprint density at radius 3 is 2.38 bits per heavy atom. The van der Waals surface area contributed by atoms with Gasteiger partial charge in [0.15, 0.2) is 11.6 Å². The van der Waals surface area contributed by atoms with Crippen molar-refractivity contribution in [3.8, 4) is 16.9 Å². The Balaban J connectivity index is 2.09. The summed E-state index contributed by atoms with van der Waals surface area (Å²) < 4.78 is 14.8. The number of aromatic nitrogens is 2. The van der Waals surface area contributed by atoms with Gasteiger partial charge >= 0.3 is 0 Å². The van der Waals surface area contributed by atoms with Gasteiger partial charge in [-0.3, -0.25) is 9.59 Å². The van der Waals surface area contributed by atoms with Crippen LogP contribution in [0.2, 0.25) is 0 Å². The van der Waals surface area contributed by atoms with Gasteiger partial charge in [0.2, 0.25) is 6.41 Å². The number of nitrogens with one attached hydrogen (secondary N) is 1. The number of halogens is 1. The highest BCUT2D eigenvalue weighted by Crippen LogP contribution is 2.26. The topological polar surface area (TPSA) is 64.0 Å². The highest BCUT2D eigenvalue weighted by atomic mass is 19.1. The van der Waals surface area contributed by atoms with E-state index in [9.17, 15) is 14.0 Å². The van der Waals surface area contributed by atoms with Crippen LogP contribution < -0.4 is 5.32 Å². The molecular weight excluding hydrogens is 309 g/mol. The maximum atomic E-state index is 13.2. The normalized spacial score (nSPS) is 10.4. The predicted molar refractivity (Wildman–Crippen MR) is 88.6 cm³/mol. The summed E-state index contributed by atoms with van der Waals surface area (Å²) in [7, 11) is 0. The Bertz CT molecular complexity index is 884. The number of ketones is 1. The van der Waals surface area contributed by atoms with Crippen molar-refractivity contribution in [2.45, 2.75) is 6.92 Å². The van der Waals surface area contributed by atoms with Crippen molar-refractivity contribution in [2.75, 3.05) is 5.32 Å². The van der Waals surface area contributed by atoms with Gasteiger partial charge in [-0.2, -0.15) is 0 Å². The smallest absolute Gasteiger partial charge is 0.212 e. The molecule has 0 bridgehead atoms. The average Bonchev–Trinajstić information content (AvgIpc) is 3.00. The molecule has 0 spiro atoms. The maximum absolute atomic E-state index is 13.2. The first kappa shape index (κ1) is 15.6. The van der Waals surface area contributed by atoms with Crippen LogP contribution in [0.1, 0.15) is 17.3 Å². The fraction of sp³-hybridized carbons (Fsp3) is 0.0556. The van der Waals surface area contributed by atoms with Gasteiger partial charge in [0.05, 0.1) is 11.4 Å². The van der Waals surface area contributed by atoms with Gasteiger partial charge < -0.3 is 5.32 Å². The number of benzene rings is 2. The van der Waals surface area contributed by atoms with E-state index in [-0.39, 0.29) is 11.6 Å². The third-order valence-corrected chi connectivity index (χ3v) is 3.57. The number of amides is 1. The summed E-state index contributed by atoms with van der Waals surface area (Å²) in [6, 6.07) is 14.6. The van der Waals surface area contributed by atoms with Crippen LogP contribution >= 0.6 is 0 Å². The number of rotatable bonds is 5. The molecule has 0 fully saturated rings. The van der Waals surface area contributed by atoms with Crippen LogP contribution in [0.3, 0.4) is 0 Å². The molecule has 3 aromatic rings. The second-order valence-electron chi connectivity index (χ2n) is 5.20. The largest absolute Gasteiger partial charge is 0.312 e.